The summed E-state index contributed by atoms with van der Waals surface area (Å²) in [6.45, 7) is 3.44. The van der Waals surface area contributed by atoms with Crippen LogP contribution in [0.5, 0.6) is 0 Å². The highest BCUT2D eigenvalue weighted by Gasteiger charge is 2.21. The Morgan fingerprint density at radius 1 is 1.30 bits per heavy atom. The van der Waals surface area contributed by atoms with Crippen LogP contribution in [0.25, 0.3) is 16.2 Å². The molecule has 7 nitrogen and oxygen atoms in total. The number of nitrogens with zero attached hydrogens (tertiary/aromatic N) is 5. The molecule has 0 saturated carbocycles. The first-order valence-corrected chi connectivity index (χ1v) is 11.7. The minimum atomic E-state index is -0.142. The van der Waals surface area contributed by atoms with Gasteiger partial charge in [-0.05, 0) is 25.3 Å². The van der Waals surface area contributed by atoms with E-state index in [-0.39, 0.29) is 11.7 Å². The van der Waals surface area contributed by atoms with Gasteiger partial charge in [-0.1, -0.05) is 53.4 Å². The minimum absolute atomic E-state index is 0.142. The van der Waals surface area contributed by atoms with Gasteiger partial charge in [0.05, 0.1) is 30.3 Å². The van der Waals surface area contributed by atoms with Crippen molar-refractivity contribution in [1.29, 1.82) is 0 Å². The smallest absolute Gasteiger partial charge is 0.275 e. The van der Waals surface area contributed by atoms with E-state index in [1.165, 1.54) is 21.9 Å². The van der Waals surface area contributed by atoms with E-state index in [1.807, 2.05) is 31.3 Å². The van der Waals surface area contributed by atoms with Crippen molar-refractivity contribution in [3.8, 4) is 11.3 Å². The van der Waals surface area contributed by atoms with Gasteiger partial charge in [0, 0.05) is 18.4 Å². The zero-order valence-corrected chi connectivity index (χ0v) is 18.2. The summed E-state index contributed by atoms with van der Waals surface area (Å²) in [6, 6.07) is 11.8. The van der Waals surface area contributed by atoms with Crippen molar-refractivity contribution in [2.75, 3.05) is 6.61 Å². The third kappa shape index (κ3) is 3.92. The van der Waals surface area contributed by atoms with E-state index >= 15 is 0 Å². The van der Waals surface area contributed by atoms with Crippen LogP contribution < -0.4 is 5.56 Å². The minimum Gasteiger partial charge on any atom is -0.376 e. The van der Waals surface area contributed by atoms with E-state index in [2.05, 4.69) is 26.8 Å². The second kappa shape index (κ2) is 8.33. The fourth-order valence-electron chi connectivity index (χ4n) is 3.63. The molecule has 3 aromatic heterocycles. The number of aromatic nitrogens is 5. The van der Waals surface area contributed by atoms with Crippen LogP contribution in [0.15, 0.2) is 52.5 Å². The van der Waals surface area contributed by atoms with Crippen LogP contribution in [-0.4, -0.2) is 36.9 Å². The van der Waals surface area contributed by atoms with E-state index in [4.69, 9.17) is 9.72 Å². The summed E-state index contributed by atoms with van der Waals surface area (Å²) in [6.07, 6.45) is 4.33. The van der Waals surface area contributed by atoms with Gasteiger partial charge in [0.1, 0.15) is 5.01 Å². The molecule has 0 N–H and O–H groups in total. The van der Waals surface area contributed by atoms with Crippen LogP contribution in [0.3, 0.4) is 0 Å². The van der Waals surface area contributed by atoms with Gasteiger partial charge in [0.25, 0.3) is 5.56 Å². The van der Waals surface area contributed by atoms with Crippen LogP contribution in [0.1, 0.15) is 23.5 Å². The van der Waals surface area contributed by atoms with Crippen molar-refractivity contribution in [1.82, 2.24) is 24.1 Å². The van der Waals surface area contributed by atoms with E-state index in [9.17, 15) is 4.79 Å². The maximum absolute atomic E-state index is 12.1. The number of hydrogen-bond acceptors (Lipinski definition) is 7. The van der Waals surface area contributed by atoms with Crippen LogP contribution in [0.2, 0.25) is 0 Å². The Bertz CT molecular complexity index is 1230. The highest BCUT2D eigenvalue weighted by atomic mass is 32.2. The summed E-state index contributed by atoms with van der Waals surface area (Å²) in [5.41, 5.74) is 2.80. The molecular formula is C21H21N5O2S2. The van der Waals surface area contributed by atoms with Crippen molar-refractivity contribution >= 4 is 28.1 Å². The normalized spacial score (nSPS) is 16.5. The zero-order chi connectivity index (χ0) is 20.5. The fraction of sp³-hybridized carbons (Fsp3) is 0.333. The number of aryl methyl sites for hydroxylation is 1. The first kappa shape index (κ1) is 19.5. The lowest BCUT2D eigenvalue weighted by Crippen LogP contribution is -2.16. The van der Waals surface area contributed by atoms with Crippen molar-refractivity contribution in [3.05, 3.63) is 63.7 Å². The number of imidazole rings is 1. The van der Waals surface area contributed by atoms with Gasteiger partial charge in [0.15, 0.2) is 5.16 Å². The van der Waals surface area contributed by atoms with Gasteiger partial charge in [-0.25, -0.2) is 9.97 Å². The fourth-order valence-corrected chi connectivity index (χ4v) is 5.55. The molecule has 154 valence electrons. The van der Waals surface area contributed by atoms with Crippen LogP contribution >= 0.6 is 23.1 Å². The number of ether oxygens (including phenoxy) is 1. The molecule has 5 rings (SSSR count). The average molecular weight is 440 g/mol. The predicted molar refractivity (Wildman–Crippen MR) is 118 cm³/mol. The van der Waals surface area contributed by atoms with Crippen molar-refractivity contribution in [2.24, 2.45) is 0 Å². The largest absolute Gasteiger partial charge is 0.376 e. The van der Waals surface area contributed by atoms with E-state index in [0.29, 0.717) is 16.4 Å². The molecule has 0 unspecified atom stereocenters. The number of benzene rings is 1. The second-order valence-corrected chi connectivity index (χ2v) is 9.24. The van der Waals surface area contributed by atoms with Gasteiger partial charge in [-0.3, -0.25) is 4.79 Å². The zero-order valence-electron chi connectivity index (χ0n) is 16.5. The van der Waals surface area contributed by atoms with Gasteiger partial charge >= 0.3 is 0 Å². The van der Waals surface area contributed by atoms with Gasteiger partial charge in [-0.2, -0.15) is 9.61 Å². The highest BCUT2D eigenvalue weighted by Crippen LogP contribution is 2.30. The molecule has 0 bridgehead atoms. The molecule has 0 spiro atoms. The first-order valence-electron chi connectivity index (χ1n) is 9.89. The molecule has 4 aromatic rings. The summed E-state index contributed by atoms with van der Waals surface area (Å²) in [5.74, 6) is 0.628. The van der Waals surface area contributed by atoms with Crippen molar-refractivity contribution in [3.63, 3.8) is 0 Å². The Morgan fingerprint density at radius 3 is 2.97 bits per heavy atom. The summed E-state index contributed by atoms with van der Waals surface area (Å²) in [7, 11) is 0. The Balaban J connectivity index is 1.43. The summed E-state index contributed by atoms with van der Waals surface area (Å²) < 4.78 is 9.51. The van der Waals surface area contributed by atoms with E-state index in [0.717, 1.165) is 47.4 Å². The Hall–Kier alpha value is -2.49. The lowest BCUT2D eigenvalue weighted by molar-refractivity contribution is 0.0954. The van der Waals surface area contributed by atoms with Gasteiger partial charge < -0.3 is 9.30 Å². The quantitative estimate of drug-likeness (QED) is 0.426. The molecular weight excluding hydrogens is 418 g/mol. The van der Waals surface area contributed by atoms with Crippen molar-refractivity contribution in [2.45, 2.75) is 43.3 Å². The Morgan fingerprint density at radius 2 is 2.17 bits per heavy atom. The third-order valence-corrected chi connectivity index (χ3v) is 7.13. The summed E-state index contributed by atoms with van der Waals surface area (Å²) >= 11 is 3.07. The van der Waals surface area contributed by atoms with E-state index in [1.54, 1.807) is 11.8 Å². The Kier molecular flexibility index (Phi) is 5.41. The van der Waals surface area contributed by atoms with Crippen LogP contribution in [0.4, 0.5) is 0 Å². The Labute approximate surface area is 181 Å². The first-order chi connectivity index (χ1) is 14.7. The molecule has 30 heavy (non-hydrogen) atoms. The maximum Gasteiger partial charge on any atom is 0.275 e. The number of hydrogen-bond donors (Lipinski definition) is 0. The molecule has 1 aliphatic heterocycles. The molecule has 0 aliphatic carbocycles. The highest BCUT2D eigenvalue weighted by molar-refractivity contribution is 7.98. The lowest BCUT2D eigenvalue weighted by Gasteiger charge is -2.16. The predicted octanol–water partition coefficient (Wildman–Crippen LogP) is 3.79. The molecule has 1 atom stereocenters. The van der Waals surface area contributed by atoms with Crippen molar-refractivity contribution < 1.29 is 4.74 Å². The second-order valence-electron chi connectivity index (χ2n) is 7.25. The lowest BCUT2D eigenvalue weighted by atomic mass is 10.1. The molecule has 1 aliphatic rings. The standard InChI is InChI=1S/C21H21N5O2S2/c1-14-10-19(27)26-21(23-14)30-18(24-26)13-29-20-22-11-17(15-6-3-2-4-7-15)25(20)12-16-8-5-9-28-16/h2-4,6-7,10-11,16H,5,8-9,12-13H2,1H3/t16-/m1/s1. The maximum atomic E-state index is 12.1. The third-order valence-electron chi connectivity index (χ3n) is 5.04. The van der Waals surface area contributed by atoms with Crippen LogP contribution in [0, 0.1) is 6.92 Å². The molecule has 9 heteroatoms. The van der Waals surface area contributed by atoms with Crippen LogP contribution in [-0.2, 0) is 17.0 Å². The number of fused-ring (bicyclic) bond motifs is 1. The molecule has 1 saturated heterocycles. The molecule has 0 amide bonds. The van der Waals surface area contributed by atoms with Gasteiger partial charge in [-0.15, -0.1) is 0 Å². The SMILES string of the molecule is Cc1cc(=O)n2nc(CSc3ncc(-c4ccccc4)n3C[C@H]3CCCO3)sc2n1. The van der Waals surface area contributed by atoms with Gasteiger partial charge in [0.2, 0.25) is 4.96 Å². The average Bonchev–Trinajstić information content (AvgIpc) is 3.48. The molecule has 4 heterocycles. The van der Waals surface area contributed by atoms with E-state index < -0.39 is 0 Å². The summed E-state index contributed by atoms with van der Waals surface area (Å²) in [5, 5.41) is 6.22. The molecule has 0 radical (unpaired) electrons. The number of rotatable bonds is 6. The molecule has 1 fully saturated rings. The summed E-state index contributed by atoms with van der Waals surface area (Å²) in [4.78, 5) is 21.9. The monoisotopic (exact) mass is 439 g/mol. The number of thioether (sulfide) groups is 1. The molecule has 1 aromatic carbocycles. The topological polar surface area (TPSA) is 74.3 Å².